The Morgan fingerprint density at radius 2 is 1.74 bits per heavy atom. The third-order valence-corrected chi connectivity index (χ3v) is 4.35. The predicted octanol–water partition coefficient (Wildman–Crippen LogP) is 3.69. The smallest absolute Gasteiger partial charge is 0.340 e. The number of hydrogen-bond donors (Lipinski definition) is 1. The van der Waals surface area contributed by atoms with E-state index in [1.165, 1.54) is 7.11 Å². The van der Waals surface area contributed by atoms with Crippen LogP contribution in [0.4, 0.5) is 5.82 Å². The Labute approximate surface area is 158 Å². The van der Waals surface area contributed by atoms with Crippen molar-refractivity contribution in [3.05, 3.63) is 59.8 Å². The van der Waals surface area contributed by atoms with Gasteiger partial charge in [0.2, 0.25) is 0 Å². The SMILES string of the molecule is COC(=O)c1cnc(NCCc2ccc(OC)c(OC)c2)c2ccccc12. The number of fused-ring (bicyclic) bond motifs is 1. The second kappa shape index (κ2) is 8.40. The van der Waals surface area contributed by atoms with Gasteiger partial charge in [-0.15, -0.1) is 0 Å². The first kappa shape index (κ1) is 18.5. The van der Waals surface area contributed by atoms with E-state index in [0.717, 1.165) is 28.6 Å². The molecule has 0 saturated carbocycles. The molecule has 0 saturated heterocycles. The minimum absolute atomic E-state index is 0.393. The summed E-state index contributed by atoms with van der Waals surface area (Å²) >= 11 is 0. The number of esters is 1. The number of rotatable bonds is 7. The van der Waals surface area contributed by atoms with Gasteiger partial charge in [0.1, 0.15) is 5.82 Å². The van der Waals surface area contributed by atoms with Crippen LogP contribution < -0.4 is 14.8 Å². The lowest BCUT2D eigenvalue weighted by atomic mass is 10.1. The molecule has 140 valence electrons. The highest BCUT2D eigenvalue weighted by molar-refractivity contribution is 6.07. The molecule has 2 aromatic carbocycles. The van der Waals surface area contributed by atoms with Crippen LogP contribution in [0.2, 0.25) is 0 Å². The second-order valence-electron chi connectivity index (χ2n) is 5.92. The fourth-order valence-electron chi connectivity index (χ4n) is 2.97. The third-order valence-electron chi connectivity index (χ3n) is 4.35. The molecule has 0 aliphatic rings. The Hall–Kier alpha value is -3.28. The molecule has 3 rings (SSSR count). The quantitative estimate of drug-likeness (QED) is 0.643. The van der Waals surface area contributed by atoms with Crippen LogP contribution in [0.5, 0.6) is 11.5 Å². The molecule has 0 unspecified atom stereocenters. The molecule has 6 heteroatoms. The Morgan fingerprint density at radius 1 is 1.00 bits per heavy atom. The number of methoxy groups -OCH3 is 3. The molecule has 0 atom stereocenters. The van der Waals surface area contributed by atoms with Gasteiger partial charge in [-0.3, -0.25) is 0 Å². The van der Waals surface area contributed by atoms with Crippen LogP contribution in [-0.2, 0) is 11.2 Å². The van der Waals surface area contributed by atoms with Crippen molar-refractivity contribution in [1.29, 1.82) is 0 Å². The molecular formula is C21H22N2O4. The standard InChI is InChI=1S/C21H22N2O4/c1-25-18-9-8-14(12-19(18)26-2)10-11-22-20-16-7-5-4-6-15(16)17(13-23-20)21(24)27-3/h4-9,12-13H,10-11H2,1-3H3,(H,22,23). The molecule has 1 aromatic heterocycles. The number of aromatic nitrogens is 1. The van der Waals surface area contributed by atoms with E-state index in [1.807, 2.05) is 42.5 Å². The van der Waals surface area contributed by atoms with E-state index in [-0.39, 0.29) is 0 Å². The van der Waals surface area contributed by atoms with Gasteiger partial charge < -0.3 is 19.5 Å². The van der Waals surface area contributed by atoms with Gasteiger partial charge in [0.15, 0.2) is 11.5 Å². The maximum Gasteiger partial charge on any atom is 0.340 e. The minimum atomic E-state index is -0.393. The number of nitrogens with one attached hydrogen (secondary N) is 1. The average molecular weight is 366 g/mol. The molecule has 6 nitrogen and oxygen atoms in total. The zero-order valence-electron chi connectivity index (χ0n) is 15.6. The zero-order chi connectivity index (χ0) is 19.2. The summed E-state index contributed by atoms with van der Waals surface area (Å²) in [5.41, 5.74) is 1.58. The van der Waals surface area contributed by atoms with Crippen molar-refractivity contribution in [1.82, 2.24) is 4.98 Å². The van der Waals surface area contributed by atoms with Gasteiger partial charge in [0.25, 0.3) is 0 Å². The maximum atomic E-state index is 11.9. The molecule has 0 aliphatic carbocycles. The van der Waals surface area contributed by atoms with E-state index in [4.69, 9.17) is 14.2 Å². The summed E-state index contributed by atoms with van der Waals surface area (Å²) in [6.45, 7) is 0.685. The Morgan fingerprint density at radius 3 is 2.44 bits per heavy atom. The number of benzene rings is 2. The molecule has 0 bridgehead atoms. The summed E-state index contributed by atoms with van der Waals surface area (Å²) in [6.07, 6.45) is 2.34. The fraction of sp³-hybridized carbons (Fsp3) is 0.238. The van der Waals surface area contributed by atoms with E-state index in [2.05, 4.69) is 10.3 Å². The van der Waals surface area contributed by atoms with Gasteiger partial charge in [-0.2, -0.15) is 0 Å². The Kier molecular flexibility index (Phi) is 5.76. The van der Waals surface area contributed by atoms with Crippen LogP contribution in [-0.4, -0.2) is 38.8 Å². The van der Waals surface area contributed by atoms with Crippen molar-refractivity contribution in [3.8, 4) is 11.5 Å². The summed E-state index contributed by atoms with van der Waals surface area (Å²) in [5.74, 6) is 1.76. The Bertz CT molecular complexity index is 956. The van der Waals surface area contributed by atoms with Crippen LogP contribution in [0.1, 0.15) is 15.9 Å². The second-order valence-corrected chi connectivity index (χ2v) is 5.92. The van der Waals surface area contributed by atoms with Crippen molar-refractivity contribution < 1.29 is 19.0 Å². The van der Waals surface area contributed by atoms with Crippen molar-refractivity contribution in [2.75, 3.05) is 33.2 Å². The largest absolute Gasteiger partial charge is 0.493 e. The van der Waals surface area contributed by atoms with Crippen molar-refractivity contribution in [2.45, 2.75) is 6.42 Å². The molecule has 0 radical (unpaired) electrons. The van der Waals surface area contributed by atoms with E-state index in [0.29, 0.717) is 23.6 Å². The van der Waals surface area contributed by atoms with Gasteiger partial charge in [0.05, 0.1) is 26.9 Å². The first-order valence-electron chi connectivity index (χ1n) is 8.58. The van der Waals surface area contributed by atoms with Crippen molar-refractivity contribution >= 4 is 22.6 Å². The summed E-state index contributed by atoms with van der Waals surface area (Å²) in [7, 11) is 4.61. The first-order valence-corrected chi connectivity index (χ1v) is 8.58. The number of pyridine rings is 1. The van der Waals surface area contributed by atoms with E-state index in [1.54, 1.807) is 20.4 Å². The van der Waals surface area contributed by atoms with Gasteiger partial charge in [0, 0.05) is 23.5 Å². The number of ether oxygens (including phenoxy) is 3. The van der Waals surface area contributed by atoms with Crippen LogP contribution in [0, 0.1) is 0 Å². The number of carbonyl (C=O) groups excluding carboxylic acids is 1. The monoisotopic (exact) mass is 366 g/mol. The molecular weight excluding hydrogens is 344 g/mol. The van der Waals surface area contributed by atoms with E-state index in [9.17, 15) is 4.79 Å². The molecule has 0 amide bonds. The highest BCUT2D eigenvalue weighted by atomic mass is 16.5. The minimum Gasteiger partial charge on any atom is -0.493 e. The van der Waals surface area contributed by atoms with Gasteiger partial charge in [-0.05, 0) is 24.1 Å². The van der Waals surface area contributed by atoms with Crippen molar-refractivity contribution in [2.24, 2.45) is 0 Å². The van der Waals surface area contributed by atoms with Crippen LogP contribution in [0.3, 0.4) is 0 Å². The maximum absolute atomic E-state index is 11.9. The first-order chi connectivity index (χ1) is 13.2. The normalized spacial score (nSPS) is 10.5. The lowest BCUT2D eigenvalue weighted by molar-refractivity contribution is 0.0602. The van der Waals surface area contributed by atoms with E-state index < -0.39 is 5.97 Å². The van der Waals surface area contributed by atoms with Gasteiger partial charge >= 0.3 is 5.97 Å². The molecule has 0 spiro atoms. The fourth-order valence-corrected chi connectivity index (χ4v) is 2.97. The number of carbonyl (C=O) groups is 1. The average Bonchev–Trinajstić information content (AvgIpc) is 2.73. The number of nitrogens with zero attached hydrogens (tertiary/aromatic N) is 1. The zero-order valence-corrected chi connectivity index (χ0v) is 15.6. The molecule has 0 aliphatic heterocycles. The molecule has 3 aromatic rings. The number of hydrogen-bond acceptors (Lipinski definition) is 6. The highest BCUT2D eigenvalue weighted by Gasteiger charge is 2.13. The van der Waals surface area contributed by atoms with Gasteiger partial charge in [-0.25, -0.2) is 9.78 Å². The topological polar surface area (TPSA) is 69.7 Å². The summed E-state index contributed by atoms with van der Waals surface area (Å²) < 4.78 is 15.5. The van der Waals surface area contributed by atoms with Gasteiger partial charge in [-0.1, -0.05) is 30.3 Å². The highest BCUT2D eigenvalue weighted by Crippen LogP contribution is 2.28. The lowest BCUT2D eigenvalue weighted by Crippen LogP contribution is -2.09. The number of anilines is 1. The lowest BCUT2D eigenvalue weighted by Gasteiger charge is -2.12. The summed E-state index contributed by atoms with van der Waals surface area (Å²) in [6, 6.07) is 13.5. The van der Waals surface area contributed by atoms with Crippen molar-refractivity contribution in [3.63, 3.8) is 0 Å². The molecule has 1 N–H and O–H groups in total. The van der Waals surface area contributed by atoms with E-state index >= 15 is 0 Å². The third kappa shape index (κ3) is 3.95. The molecule has 27 heavy (non-hydrogen) atoms. The summed E-state index contributed by atoms with van der Waals surface area (Å²) in [4.78, 5) is 16.4. The Balaban J connectivity index is 1.77. The van der Waals surface area contributed by atoms with Crippen LogP contribution in [0.25, 0.3) is 10.8 Å². The summed E-state index contributed by atoms with van der Waals surface area (Å²) in [5, 5.41) is 5.05. The van der Waals surface area contributed by atoms with Crippen LogP contribution in [0.15, 0.2) is 48.7 Å². The molecule has 0 fully saturated rings. The van der Waals surface area contributed by atoms with Crippen LogP contribution >= 0.6 is 0 Å². The molecule has 1 heterocycles. The predicted molar refractivity (Wildman–Crippen MR) is 105 cm³/mol.